The number of aromatic nitrogens is 2. The molecule has 1 saturated heterocycles. The van der Waals surface area contributed by atoms with E-state index >= 15 is 0 Å². The van der Waals surface area contributed by atoms with Gasteiger partial charge in [-0.3, -0.25) is 14.4 Å². The van der Waals surface area contributed by atoms with Crippen molar-refractivity contribution in [1.29, 1.82) is 0 Å². The fraction of sp³-hybridized carbons (Fsp3) is 0.444. The number of hydrogen-bond acceptors (Lipinski definition) is 5. The van der Waals surface area contributed by atoms with Crippen molar-refractivity contribution in [2.75, 3.05) is 6.61 Å². The van der Waals surface area contributed by atoms with Crippen LogP contribution in [0, 0.1) is 11.6 Å². The molecule has 27 heavy (non-hydrogen) atoms. The molecule has 0 bridgehead atoms. The summed E-state index contributed by atoms with van der Waals surface area (Å²) in [5.41, 5.74) is 8.24. The minimum absolute atomic E-state index is 0.0125. The van der Waals surface area contributed by atoms with Crippen LogP contribution in [0.1, 0.15) is 29.3 Å². The Hall–Kier alpha value is -2.36. The molecule has 0 radical (unpaired) electrons. The standard InChI is InChI=1S/C18H20F2N4O3/c19-11-1-2-14(20)13(3-11)18-15(21)4-12(9-27-18)23-6-10-5-22-24(8-17(25)26)16(10)7-23/h1-3,5,12,15,18H,4,6-9,21H2,(H,25,26)/t12-,15+,18-/m1/s1. The Morgan fingerprint density at radius 3 is 2.93 bits per heavy atom. The summed E-state index contributed by atoms with van der Waals surface area (Å²) >= 11 is 0. The van der Waals surface area contributed by atoms with Crippen LogP contribution in [-0.2, 0) is 29.2 Å². The summed E-state index contributed by atoms with van der Waals surface area (Å²) in [5, 5.41) is 13.1. The number of carboxylic acids is 1. The molecule has 7 nitrogen and oxygen atoms in total. The maximum absolute atomic E-state index is 14.0. The van der Waals surface area contributed by atoms with Crippen LogP contribution >= 0.6 is 0 Å². The van der Waals surface area contributed by atoms with Gasteiger partial charge in [-0.2, -0.15) is 5.10 Å². The molecule has 3 heterocycles. The molecular formula is C18H20F2N4O3. The highest BCUT2D eigenvalue weighted by molar-refractivity contribution is 5.66. The molecule has 0 spiro atoms. The van der Waals surface area contributed by atoms with Gasteiger partial charge < -0.3 is 15.6 Å². The van der Waals surface area contributed by atoms with Crippen molar-refractivity contribution in [1.82, 2.24) is 14.7 Å². The normalized spacial score (nSPS) is 25.5. The Kier molecular flexibility index (Phi) is 4.67. The fourth-order valence-corrected chi connectivity index (χ4v) is 3.91. The first-order chi connectivity index (χ1) is 12.9. The summed E-state index contributed by atoms with van der Waals surface area (Å²) in [7, 11) is 0. The average molecular weight is 378 g/mol. The van der Waals surface area contributed by atoms with Gasteiger partial charge in [0, 0.05) is 36.3 Å². The van der Waals surface area contributed by atoms with Gasteiger partial charge in [0.1, 0.15) is 24.3 Å². The molecule has 2 aromatic rings. The fourth-order valence-electron chi connectivity index (χ4n) is 3.91. The second kappa shape index (κ2) is 6.99. The summed E-state index contributed by atoms with van der Waals surface area (Å²) < 4.78 is 34.8. The molecule has 2 aliphatic heterocycles. The van der Waals surface area contributed by atoms with Crippen LogP contribution in [0.4, 0.5) is 8.78 Å². The van der Waals surface area contributed by atoms with Gasteiger partial charge in [-0.05, 0) is 24.6 Å². The zero-order chi connectivity index (χ0) is 19.1. The number of hydrogen-bond donors (Lipinski definition) is 2. The minimum atomic E-state index is -0.942. The number of carboxylic acid groups (broad SMARTS) is 1. The lowest BCUT2D eigenvalue weighted by Gasteiger charge is -2.38. The summed E-state index contributed by atoms with van der Waals surface area (Å²) in [4.78, 5) is 13.1. The molecule has 0 unspecified atom stereocenters. The van der Waals surface area contributed by atoms with Crippen molar-refractivity contribution < 1.29 is 23.4 Å². The molecule has 3 N–H and O–H groups in total. The Morgan fingerprint density at radius 2 is 2.19 bits per heavy atom. The number of nitrogens with two attached hydrogens (primary N) is 1. The van der Waals surface area contributed by atoms with E-state index in [0.717, 1.165) is 29.5 Å². The van der Waals surface area contributed by atoms with Gasteiger partial charge in [0.25, 0.3) is 0 Å². The van der Waals surface area contributed by atoms with Crippen molar-refractivity contribution in [2.24, 2.45) is 5.73 Å². The Labute approximate surface area is 154 Å². The molecule has 1 fully saturated rings. The number of fused-ring (bicyclic) bond motifs is 1. The molecule has 1 aromatic carbocycles. The smallest absolute Gasteiger partial charge is 0.325 e. The van der Waals surface area contributed by atoms with E-state index in [2.05, 4.69) is 10.00 Å². The maximum Gasteiger partial charge on any atom is 0.325 e. The Morgan fingerprint density at radius 1 is 1.37 bits per heavy atom. The van der Waals surface area contributed by atoms with Crippen molar-refractivity contribution in [3.63, 3.8) is 0 Å². The molecule has 0 amide bonds. The molecule has 0 aliphatic carbocycles. The van der Waals surface area contributed by atoms with Gasteiger partial charge in [-0.25, -0.2) is 8.78 Å². The maximum atomic E-state index is 14.0. The highest BCUT2D eigenvalue weighted by atomic mass is 19.1. The first kappa shape index (κ1) is 18.0. The lowest BCUT2D eigenvalue weighted by atomic mass is 9.93. The van der Waals surface area contributed by atoms with E-state index in [1.165, 1.54) is 4.68 Å². The zero-order valence-corrected chi connectivity index (χ0v) is 14.5. The number of carbonyl (C=O) groups is 1. The van der Waals surface area contributed by atoms with E-state index < -0.39 is 29.7 Å². The van der Waals surface area contributed by atoms with E-state index in [4.69, 9.17) is 15.6 Å². The number of ether oxygens (including phenoxy) is 1. The van der Waals surface area contributed by atoms with E-state index in [0.29, 0.717) is 26.1 Å². The lowest BCUT2D eigenvalue weighted by molar-refractivity contribution is -0.137. The minimum Gasteiger partial charge on any atom is -0.480 e. The van der Waals surface area contributed by atoms with Crippen molar-refractivity contribution in [3.05, 3.63) is 52.9 Å². The number of benzene rings is 1. The Bertz CT molecular complexity index is 872. The molecule has 3 atom stereocenters. The van der Waals surface area contributed by atoms with Gasteiger partial charge in [0.15, 0.2) is 0 Å². The number of aliphatic carboxylic acids is 1. The second-order valence-corrected chi connectivity index (χ2v) is 7.05. The first-order valence-electron chi connectivity index (χ1n) is 8.74. The molecule has 4 rings (SSSR count). The van der Waals surface area contributed by atoms with Crippen molar-refractivity contribution in [2.45, 2.75) is 44.2 Å². The van der Waals surface area contributed by atoms with E-state index in [-0.39, 0.29) is 18.2 Å². The monoisotopic (exact) mass is 378 g/mol. The molecule has 2 aliphatic rings. The summed E-state index contributed by atoms with van der Waals surface area (Å²) in [5.74, 6) is -2.00. The zero-order valence-electron chi connectivity index (χ0n) is 14.5. The van der Waals surface area contributed by atoms with Crippen molar-refractivity contribution >= 4 is 5.97 Å². The van der Waals surface area contributed by atoms with Gasteiger partial charge in [-0.15, -0.1) is 0 Å². The second-order valence-electron chi connectivity index (χ2n) is 7.05. The summed E-state index contributed by atoms with van der Waals surface area (Å²) in [6.45, 7) is 1.35. The predicted octanol–water partition coefficient (Wildman–Crippen LogP) is 1.42. The topological polar surface area (TPSA) is 93.6 Å². The van der Waals surface area contributed by atoms with Crippen LogP contribution in [0.5, 0.6) is 0 Å². The molecule has 0 saturated carbocycles. The summed E-state index contributed by atoms with van der Waals surface area (Å²) in [6.07, 6.45) is 1.56. The number of rotatable bonds is 4. The molecule has 9 heteroatoms. The van der Waals surface area contributed by atoms with Crippen molar-refractivity contribution in [3.8, 4) is 0 Å². The third-order valence-electron chi connectivity index (χ3n) is 5.23. The van der Waals surface area contributed by atoms with E-state index in [1.54, 1.807) is 6.20 Å². The average Bonchev–Trinajstić information content (AvgIpc) is 3.19. The first-order valence-corrected chi connectivity index (χ1v) is 8.74. The van der Waals surface area contributed by atoms with E-state index in [1.807, 2.05) is 0 Å². The van der Waals surface area contributed by atoms with Crippen LogP contribution in [0.2, 0.25) is 0 Å². The Balaban J connectivity index is 1.44. The predicted molar refractivity (Wildman–Crippen MR) is 90.5 cm³/mol. The van der Waals surface area contributed by atoms with Crippen LogP contribution < -0.4 is 5.73 Å². The number of nitrogens with zero attached hydrogens (tertiary/aromatic N) is 3. The third-order valence-corrected chi connectivity index (χ3v) is 5.23. The third kappa shape index (κ3) is 3.45. The highest BCUT2D eigenvalue weighted by Gasteiger charge is 2.37. The van der Waals surface area contributed by atoms with Crippen LogP contribution in [0.3, 0.4) is 0 Å². The van der Waals surface area contributed by atoms with Crippen LogP contribution in [-0.4, -0.2) is 44.4 Å². The SMILES string of the molecule is N[C@H]1C[C@@H](N2Cc3cnn(CC(=O)O)c3C2)CO[C@@H]1c1cc(F)ccc1F. The van der Waals surface area contributed by atoms with Crippen LogP contribution in [0.25, 0.3) is 0 Å². The molecule has 1 aromatic heterocycles. The van der Waals surface area contributed by atoms with Gasteiger partial charge in [0.2, 0.25) is 0 Å². The quantitative estimate of drug-likeness (QED) is 0.836. The molecule has 144 valence electrons. The lowest BCUT2D eigenvalue weighted by Crippen LogP contribution is -2.47. The summed E-state index contributed by atoms with van der Waals surface area (Å²) in [6, 6.07) is 2.82. The van der Waals surface area contributed by atoms with Gasteiger partial charge in [-0.1, -0.05) is 0 Å². The van der Waals surface area contributed by atoms with Crippen LogP contribution in [0.15, 0.2) is 24.4 Å². The molecular weight excluding hydrogens is 358 g/mol. The highest BCUT2D eigenvalue weighted by Crippen LogP contribution is 2.34. The largest absolute Gasteiger partial charge is 0.480 e. The van der Waals surface area contributed by atoms with Gasteiger partial charge >= 0.3 is 5.97 Å². The van der Waals surface area contributed by atoms with E-state index in [9.17, 15) is 13.6 Å². The number of halogens is 2. The van der Waals surface area contributed by atoms with Gasteiger partial charge in [0.05, 0.1) is 18.5 Å².